The molecule has 0 aliphatic carbocycles. The molecule has 130 valence electrons. The molecular weight excluding hydrogens is 352 g/mol. The summed E-state index contributed by atoms with van der Waals surface area (Å²) in [7, 11) is 0. The molecule has 0 bridgehead atoms. The smallest absolute Gasteiger partial charge is 0.388 e. The van der Waals surface area contributed by atoms with Gasteiger partial charge in [0.2, 0.25) is 5.88 Å². The fraction of sp³-hybridized carbons (Fsp3) is 0.176. The molecule has 0 aliphatic rings. The first-order valence-electron chi connectivity index (χ1n) is 7.37. The van der Waals surface area contributed by atoms with Crippen LogP contribution in [0, 0.1) is 0 Å². The molecular formula is C17H14ClF2N3O2. The van der Waals surface area contributed by atoms with Crippen molar-refractivity contribution in [3.05, 3.63) is 65.3 Å². The summed E-state index contributed by atoms with van der Waals surface area (Å²) in [5, 5.41) is 9.75. The number of hydrogen-bond acceptors (Lipinski definition) is 4. The normalized spacial score (nSPS) is 11.1. The Balaban J connectivity index is 2.00. The molecule has 3 aromatic rings. The summed E-state index contributed by atoms with van der Waals surface area (Å²) in [5.41, 5.74) is 1.76. The molecule has 0 atom stereocenters. The van der Waals surface area contributed by atoms with E-state index in [2.05, 4.69) is 14.7 Å². The van der Waals surface area contributed by atoms with E-state index in [-0.39, 0.29) is 12.5 Å². The first-order chi connectivity index (χ1) is 12.1. The molecule has 0 radical (unpaired) electrons. The van der Waals surface area contributed by atoms with Crippen LogP contribution in [0.15, 0.2) is 48.9 Å². The van der Waals surface area contributed by atoms with Gasteiger partial charge in [-0.25, -0.2) is 9.97 Å². The Kier molecular flexibility index (Phi) is 5.25. The van der Waals surface area contributed by atoms with Crippen molar-refractivity contribution in [2.24, 2.45) is 0 Å². The second kappa shape index (κ2) is 7.58. The van der Waals surface area contributed by atoms with Crippen molar-refractivity contribution in [2.75, 3.05) is 0 Å². The van der Waals surface area contributed by atoms with Gasteiger partial charge in [0, 0.05) is 29.2 Å². The third-order valence-electron chi connectivity index (χ3n) is 3.54. The number of aromatic nitrogens is 3. The number of pyridine rings is 1. The topological polar surface area (TPSA) is 60.2 Å². The van der Waals surface area contributed by atoms with Crippen LogP contribution in [0.5, 0.6) is 5.88 Å². The lowest BCUT2D eigenvalue weighted by Gasteiger charge is -2.13. The largest absolute Gasteiger partial charge is 0.416 e. The van der Waals surface area contributed by atoms with Crippen molar-refractivity contribution >= 4 is 11.6 Å². The number of hydrogen-bond donors (Lipinski definition) is 1. The number of imidazole rings is 1. The molecule has 0 spiro atoms. The van der Waals surface area contributed by atoms with Gasteiger partial charge in [-0.1, -0.05) is 23.7 Å². The average Bonchev–Trinajstić information content (AvgIpc) is 3.03. The molecule has 1 aromatic carbocycles. The highest BCUT2D eigenvalue weighted by molar-refractivity contribution is 6.30. The van der Waals surface area contributed by atoms with E-state index in [0.29, 0.717) is 28.5 Å². The summed E-state index contributed by atoms with van der Waals surface area (Å²) in [5.74, 6) is 0.325. The van der Waals surface area contributed by atoms with Gasteiger partial charge >= 0.3 is 6.61 Å². The first kappa shape index (κ1) is 17.3. The Labute approximate surface area is 147 Å². The zero-order valence-electron chi connectivity index (χ0n) is 12.9. The van der Waals surface area contributed by atoms with Gasteiger partial charge in [0.25, 0.3) is 0 Å². The summed E-state index contributed by atoms with van der Waals surface area (Å²) in [4.78, 5) is 8.05. The van der Waals surface area contributed by atoms with Crippen LogP contribution < -0.4 is 4.74 Å². The fourth-order valence-electron chi connectivity index (χ4n) is 2.46. The van der Waals surface area contributed by atoms with Crippen molar-refractivity contribution in [3.8, 4) is 17.0 Å². The lowest BCUT2D eigenvalue weighted by Crippen LogP contribution is -2.08. The molecule has 2 heterocycles. The summed E-state index contributed by atoms with van der Waals surface area (Å²) in [6.07, 6.45) is 4.74. The third kappa shape index (κ3) is 4.12. The highest BCUT2D eigenvalue weighted by Crippen LogP contribution is 2.31. The van der Waals surface area contributed by atoms with Crippen molar-refractivity contribution in [3.63, 3.8) is 0 Å². The van der Waals surface area contributed by atoms with Gasteiger partial charge in [0.1, 0.15) is 12.4 Å². The third-order valence-corrected chi connectivity index (χ3v) is 3.78. The second-order valence-corrected chi connectivity index (χ2v) is 5.65. The molecule has 0 saturated carbocycles. The molecule has 0 saturated heterocycles. The molecule has 0 unspecified atom stereocenters. The minimum absolute atomic E-state index is 0.172. The molecule has 5 nitrogen and oxygen atoms in total. The number of benzene rings is 1. The molecule has 25 heavy (non-hydrogen) atoms. The molecule has 1 N–H and O–H groups in total. The van der Waals surface area contributed by atoms with Gasteiger partial charge in [0.05, 0.1) is 6.54 Å². The van der Waals surface area contributed by atoms with Gasteiger partial charge in [-0.2, -0.15) is 8.78 Å². The van der Waals surface area contributed by atoms with Crippen LogP contribution in [0.3, 0.4) is 0 Å². The van der Waals surface area contributed by atoms with E-state index >= 15 is 0 Å². The number of aliphatic hydroxyl groups is 1. The summed E-state index contributed by atoms with van der Waals surface area (Å²) in [6, 6.07) is 8.50. The standard InChI is InChI=1S/C17H14ClF2N3O2/c18-13-3-1-2-12(7-13)14-6-11(8-22-16(14)25-17(19)20)9-23-5-4-21-15(23)10-24/h1-8,17,24H,9-10H2. The average molecular weight is 366 g/mol. The van der Waals surface area contributed by atoms with Crippen molar-refractivity contribution in [1.29, 1.82) is 0 Å². The van der Waals surface area contributed by atoms with Crippen LogP contribution in [-0.2, 0) is 13.2 Å². The van der Waals surface area contributed by atoms with Crippen molar-refractivity contribution < 1.29 is 18.6 Å². The SMILES string of the molecule is OCc1nccn1Cc1cnc(OC(F)F)c(-c2cccc(Cl)c2)c1. The minimum Gasteiger partial charge on any atom is -0.416 e. The van der Waals surface area contributed by atoms with Crippen LogP contribution in [0.2, 0.25) is 5.02 Å². The van der Waals surface area contributed by atoms with E-state index in [9.17, 15) is 13.9 Å². The second-order valence-electron chi connectivity index (χ2n) is 5.21. The number of ether oxygens (including phenoxy) is 1. The van der Waals surface area contributed by atoms with Gasteiger partial charge in [-0.05, 0) is 29.3 Å². The molecule has 0 fully saturated rings. The Morgan fingerprint density at radius 1 is 1.24 bits per heavy atom. The molecule has 0 aliphatic heterocycles. The molecule has 2 aromatic heterocycles. The Hall–Kier alpha value is -2.51. The van der Waals surface area contributed by atoms with E-state index in [1.54, 1.807) is 47.3 Å². The Bertz CT molecular complexity index is 871. The van der Waals surface area contributed by atoms with Gasteiger partial charge in [-0.15, -0.1) is 0 Å². The number of nitrogens with zero attached hydrogens (tertiary/aromatic N) is 3. The molecule has 0 amide bonds. The van der Waals surface area contributed by atoms with Crippen molar-refractivity contribution in [1.82, 2.24) is 14.5 Å². The maximum atomic E-state index is 12.7. The summed E-state index contributed by atoms with van der Waals surface area (Å²) < 4.78 is 31.6. The predicted molar refractivity (Wildman–Crippen MR) is 88.6 cm³/mol. The first-order valence-corrected chi connectivity index (χ1v) is 7.75. The van der Waals surface area contributed by atoms with Crippen LogP contribution in [0.25, 0.3) is 11.1 Å². The number of alkyl halides is 2. The highest BCUT2D eigenvalue weighted by atomic mass is 35.5. The summed E-state index contributed by atoms with van der Waals surface area (Å²) in [6.45, 7) is -2.80. The lowest BCUT2D eigenvalue weighted by atomic mass is 10.1. The Morgan fingerprint density at radius 2 is 2.08 bits per heavy atom. The maximum Gasteiger partial charge on any atom is 0.388 e. The van der Waals surface area contributed by atoms with E-state index in [4.69, 9.17) is 11.6 Å². The quantitative estimate of drug-likeness (QED) is 0.723. The summed E-state index contributed by atoms with van der Waals surface area (Å²) >= 11 is 6.00. The fourth-order valence-corrected chi connectivity index (χ4v) is 2.65. The Morgan fingerprint density at radius 3 is 2.80 bits per heavy atom. The van der Waals surface area contributed by atoms with Crippen LogP contribution in [-0.4, -0.2) is 26.3 Å². The van der Waals surface area contributed by atoms with Crippen molar-refractivity contribution in [2.45, 2.75) is 19.8 Å². The highest BCUT2D eigenvalue weighted by Gasteiger charge is 2.15. The van der Waals surface area contributed by atoms with Crippen LogP contribution in [0.1, 0.15) is 11.4 Å². The number of halogens is 3. The zero-order valence-corrected chi connectivity index (χ0v) is 13.7. The number of rotatable bonds is 6. The maximum absolute atomic E-state index is 12.7. The molecule has 3 rings (SSSR count). The van der Waals surface area contributed by atoms with Gasteiger partial charge in [-0.3, -0.25) is 0 Å². The van der Waals surface area contributed by atoms with Crippen LogP contribution >= 0.6 is 11.6 Å². The predicted octanol–water partition coefficient (Wildman–Crippen LogP) is 3.74. The van der Waals surface area contributed by atoms with E-state index in [1.165, 1.54) is 6.20 Å². The lowest BCUT2D eigenvalue weighted by molar-refractivity contribution is -0.0524. The molecule has 8 heteroatoms. The van der Waals surface area contributed by atoms with Gasteiger partial charge < -0.3 is 14.4 Å². The zero-order chi connectivity index (χ0) is 17.8. The van der Waals surface area contributed by atoms with E-state index < -0.39 is 6.61 Å². The monoisotopic (exact) mass is 365 g/mol. The minimum atomic E-state index is -2.98. The van der Waals surface area contributed by atoms with Crippen LogP contribution in [0.4, 0.5) is 8.78 Å². The van der Waals surface area contributed by atoms with Gasteiger partial charge in [0.15, 0.2) is 0 Å². The van der Waals surface area contributed by atoms with E-state index in [1.807, 2.05) is 0 Å². The number of aliphatic hydroxyl groups excluding tert-OH is 1. The van der Waals surface area contributed by atoms with E-state index in [0.717, 1.165) is 5.56 Å².